The number of aliphatic hydroxyl groups excluding tert-OH is 2. The van der Waals surface area contributed by atoms with Gasteiger partial charge in [0.1, 0.15) is 0 Å². The number of nitrogens with two attached hydrogens (primary N) is 1. The van der Waals surface area contributed by atoms with Crippen LogP contribution in [-0.2, 0) is 10.0 Å². The fourth-order valence-electron chi connectivity index (χ4n) is 1.68. The molecular formula is C12H20N2O4S. The molecule has 0 aliphatic heterocycles. The van der Waals surface area contributed by atoms with Crippen LogP contribution in [0.1, 0.15) is 13.8 Å². The Morgan fingerprint density at radius 1 is 1.21 bits per heavy atom. The highest BCUT2D eigenvalue weighted by Gasteiger charge is 2.26. The number of hydrogen-bond donors (Lipinski definition) is 3. The molecule has 0 radical (unpaired) electrons. The van der Waals surface area contributed by atoms with Crippen molar-refractivity contribution in [3.05, 3.63) is 24.3 Å². The van der Waals surface area contributed by atoms with Gasteiger partial charge in [-0.15, -0.1) is 0 Å². The minimum Gasteiger partial charge on any atom is -0.399 e. The lowest BCUT2D eigenvalue weighted by molar-refractivity contribution is 0.125. The van der Waals surface area contributed by atoms with Crippen molar-refractivity contribution >= 4 is 15.7 Å². The number of nitrogen functional groups attached to an aromatic ring is 1. The van der Waals surface area contributed by atoms with Crippen molar-refractivity contribution in [2.75, 3.05) is 18.8 Å². The van der Waals surface area contributed by atoms with Gasteiger partial charge < -0.3 is 15.9 Å². The predicted molar refractivity (Wildman–Crippen MR) is 73.0 cm³/mol. The van der Waals surface area contributed by atoms with E-state index in [1.807, 2.05) is 0 Å². The molecule has 0 aliphatic rings. The summed E-state index contributed by atoms with van der Waals surface area (Å²) >= 11 is 0. The number of nitrogens with zero attached hydrogens (tertiary/aromatic N) is 1. The Bertz CT molecular complexity index is 504. The Morgan fingerprint density at radius 3 is 2.16 bits per heavy atom. The van der Waals surface area contributed by atoms with Crippen molar-refractivity contribution < 1.29 is 18.6 Å². The summed E-state index contributed by atoms with van der Waals surface area (Å²) in [5.41, 5.74) is 5.92. The Kier molecular flexibility index (Phi) is 5.30. The van der Waals surface area contributed by atoms with Crippen LogP contribution in [0.4, 0.5) is 5.69 Å². The van der Waals surface area contributed by atoms with Gasteiger partial charge in [-0.1, -0.05) is 6.07 Å². The van der Waals surface area contributed by atoms with Gasteiger partial charge in [0.25, 0.3) is 0 Å². The molecule has 0 fully saturated rings. The molecule has 0 amide bonds. The summed E-state index contributed by atoms with van der Waals surface area (Å²) in [5, 5.41) is 18.8. The lowest BCUT2D eigenvalue weighted by Crippen LogP contribution is -2.40. The molecule has 6 nitrogen and oxygen atoms in total. The van der Waals surface area contributed by atoms with Crippen LogP contribution < -0.4 is 5.73 Å². The molecular weight excluding hydrogens is 268 g/mol. The molecule has 4 N–H and O–H groups in total. The summed E-state index contributed by atoms with van der Waals surface area (Å²) in [6, 6.07) is 5.92. The average Bonchev–Trinajstić information content (AvgIpc) is 2.26. The predicted octanol–water partition coefficient (Wildman–Crippen LogP) is 0.0211. The van der Waals surface area contributed by atoms with Gasteiger partial charge in [0, 0.05) is 18.8 Å². The zero-order valence-electron chi connectivity index (χ0n) is 11.0. The number of aliphatic hydroxyl groups is 2. The third-order valence-electron chi connectivity index (χ3n) is 2.43. The van der Waals surface area contributed by atoms with Crippen LogP contribution in [-0.4, -0.2) is 48.2 Å². The summed E-state index contributed by atoms with van der Waals surface area (Å²) in [6.07, 6.45) is -1.65. The van der Waals surface area contributed by atoms with E-state index in [2.05, 4.69) is 0 Å². The van der Waals surface area contributed by atoms with Crippen LogP contribution in [0, 0.1) is 0 Å². The van der Waals surface area contributed by atoms with Crippen molar-refractivity contribution in [3.63, 3.8) is 0 Å². The second kappa shape index (κ2) is 6.33. The van der Waals surface area contributed by atoms with Crippen LogP contribution in [0.5, 0.6) is 0 Å². The molecule has 108 valence electrons. The van der Waals surface area contributed by atoms with E-state index in [1.165, 1.54) is 26.0 Å². The van der Waals surface area contributed by atoms with Gasteiger partial charge in [0.2, 0.25) is 10.0 Å². The Labute approximate surface area is 113 Å². The van der Waals surface area contributed by atoms with Gasteiger partial charge in [-0.05, 0) is 32.0 Å². The first kappa shape index (κ1) is 15.9. The van der Waals surface area contributed by atoms with Gasteiger partial charge in [0.15, 0.2) is 0 Å². The van der Waals surface area contributed by atoms with E-state index in [0.717, 1.165) is 4.31 Å². The number of rotatable bonds is 6. The molecule has 0 spiro atoms. The highest BCUT2D eigenvalue weighted by atomic mass is 32.2. The highest BCUT2D eigenvalue weighted by molar-refractivity contribution is 7.89. The van der Waals surface area contributed by atoms with E-state index in [4.69, 9.17) is 5.73 Å². The van der Waals surface area contributed by atoms with E-state index in [1.54, 1.807) is 12.1 Å². The fraction of sp³-hybridized carbons (Fsp3) is 0.500. The topological polar surface area (TPSA) is 104 Å². The van der Waals surface area contributed by atoms with E-state index >= 15 is 0 Å². The molecule has 0 aliphatic carbocycles. The SMILES string of the molecule is CC(O)CN(CC(C)O)S(=O)(=O)c1cccc(N)c1. The van der Waals surface area contributed by atoms with E-state index < -0.39 is 22.2 Å². The molecule has 1 aromatic carbocycles. The molecule has 0 bridgehead atoms. The molecule has 7 heteroatoms. The minimum absolute atomic E-state index is 0.0498. The number of anilines is 1. The minimum atomic E-state index is -3.78. The van der Waals surface area contributed by atoms with Crippen LogP contribution in [0.2, 0.25) is 0 Å². The second-order valence-corrected chi connectivity index (χ2v) is 6.53. The van der Waals surface area contributed by atoms with E-state index in [0.29, 0.717) is 5.69 Å². The highest BCUT2D eigenvalue weighted by Crippen LogP contribution is 2.18. The maximum atomic E-state index is 12.4. The quantitative estimate of drug-likeness (QED) is 0.640. The molecule has 0 saturated carbocycles. The molecule has 2 atom stereocenters. The van der Waals surface area contributed by atoms with Gasteiger partial charge in [0.05, 0.1) is 17.1 Å². The zero-order chi connectivity index (χ0) is 14.6. The van der Waals surface area contributed by atoms with Crippen molar-refractivity contribution in [1.29, 1.82) is 0 Å². The normalized spacial score (nSPS) is 15.4. The summed E-state index contributed by atoms with van der Waals surface area (Å²) in [7, 11) is -3.78. The third-order valence-corrected chi connectivity index (χ3v) is 4.26. The zero-order valence-corrected chi connectivity index (χ0v) is 11.8. The molecule has 1 rings (SSSR count). The van der Waals surface area contributed by atoms with Gasteiger partial charge >= 0.3 is 0 Å². The standard InChI is InChI=1S/C12H20N2O4S/c1-9(15)7-14(8-10(2)16)19(17,18)12-5-3-4-11(13)6-12/h3-6,9-10,15-16H,7-8,13H2,1-2H3. The summed E-state index contributed by atoms with van der Waals surface area (Å²) in [6.45, 7) is 2.82. The fourth-order valence-corrected chi connectivity index (χ4v) is 3.34. The van der Waals surface area contributed by atoms with E-state index in [9.17, 15) is 18.6 Å². The lowest BCUT2D eigenvalue weighted by atomic mass is 10.3. The number of hydrogen-bond acceptors (Lipinski definition) is 5. The molecule has 19 heavy (non-hydrogen) atoms. The molecule has 2 unspecified atom stereocenters. The van der Waals surface area contributed by atoms with Gasteiger partial charge in [-0.25, -0.2) is 8.42 Å². The van der Waals surface area contributed by atoms with Crippen molar-refractivity contribution in [3.8, 4) is 0 Å². The van der Waals surface area contributed by atoms with Gasteiger partial charge in [-0.2, -0.15) is 4.31 Å². The Morgan fingerprint density at radius 2 is 1.74 bits per heavy atom. The van der Waals surface area contributed by atoms with Crippen LogP contribution in [0.25, 0.3) is 0 Å². The Balaban J connectivity index is 3.11. The Hall–Kier alpha value is -1.15. The van der Waals surface area contributed by atoms with Gasteiger partial charge in [-0.3, -0.25) is 0 Å². The maximum absolute atomic E-state index is 12.4. The summed E-state index contributed by atoms with van der Waals surface area (Å²) in [4.78, 5) is 0.0498. The first-order valence-corrected chi connectivity index (χ1v) is 7.39. The third kappa shape index (κ3) is 4.46. The first-order chi connectivity index (χ1) is 8.73. The number of sulfonamides is 1. The van der Waals surface area contributed by atoms with Crippen LogP contribution in [0.3, 0.4) is 0 Å². The van der Waals surface area contributed by atoms with Crippen molar-refractivity contribution in [2.45, 2.75) is 31.0 Å². The number of benzene rings is 1. The molecule has 1 aromatic rings. The molecule has 0 heterocycles. The monoisotopic (exact) mass is 288 g/mol. The lowest BCUT2D eigenvalue weighted by Gasteiger charge is -2.24. The summed E-state index contributed by atoms with van der Waals surface area (Å²) < 4.78 is 25.9. The maximum Gasteiger partial charge on any atom is 0.243 e. The van der Waals surface area contributed by atoms with Crippen molar-refractivity contribution in [2.24, 2.45) is 0 Å². The first-order valence-electron chi connectivity index (χ1n) is 5.95. The average molecular weight is 288 g/mol. The molecule has 0 aromatic heterocycles. The largest absolute Gasteiger partial charge is 0.399 e. The van der Waals surface area contributed by atoms with Crippen LogP contribution >= 0.6 is 0 Å². The smallest absolute Gasteiger partial charge is 0.243 e. The summed E-state index contributed by atoms with van der Waals surface area (Å²) in [5.74, 6) is 0. The van der Waals surface area contributed by atoms with E-state index in [-0.39, 0.29) is 18.0 Å². The molecule has 0 saturated heterocycles. The second-order valence-electron chi connectivity index (χ2n) is 4.59. The van der Waals surface area contributed by atoms with Crippen molar-refractivity contribution in [1.82, 2.24) is 4.31 Å². The van der Waals surface area contributed by atoms with Crippen LogP contribution in [0.15, 0.2) is 29.2 Å².